The van der Waals surface area contributed by atoms with Crippen LogP contribution < -0.4 is 0 Å². The van der Waals surface area contributed by atoms with E-state index in [4.69, 9.17) is 0 Å². The van der Waals surface area contributed by atoms with Crippen molar-refractivity contribution in [3.05, 3.63) is 22.3 Å². The Hall–Kier alpha value is -0.850. The first-order valence-electron chi connectivity index (χ1n) is 5.52. The molecule has 0 amide bonds. The Labute approximate surface area is 85.9 Å². The first kappa shape index (κ1) is 9.70. The van der Waals surface area contributed by atoms with Gasteiger partial charge in [-0.05, 0) is 63.5 Å². The third-order valence-electron chi connectivity index (χ3n) is 3.81. The number of ketones is 1. The number of Topliss-reactive ketones (excluding diaryl/α,β-unsaturated/α-hetero) is 1. The van der Waals surface area contributed by atoms with E-state index in [9.17, 15) is 4.79 Å². The summed E-state index contributed by atoms with van der Waals surface area (Å²) in [7, 11) is 0. The van der Waals surface area contributed by atoms with Crippen molar-refractivity contribution < 1.29 is 4.79 Å². The molecule has 1 fully saturated rings. The normalized spacial score (nSPS) is 26.9. The first-order valence-corrected chi connectivity index (χ1v) is 5.52. The van der Waals surface area contributed by atoms with Gasteiger partial charge in [0.25, 0.3) is 0 Å². The third kappa shape index (κ3) is 1.35. The molecule has 2 aliphatic rings. The molecule has 0 aliphatic heterocycles. The third-order valence-corrected chi connectivity index (χ3v) is 3.81. The van der Waals surface area contributed by atoms with Crippen LogP contribution in [0.4, 0.5) is 0 Å². The smallest absolute Gasteiger partial charge is 0.156 e. The fraction of sp³-hybridized carbons (Fsp3) is 0.615. The Bertz CT molecular complexity index is 344. The molecule has 0 spiro atoms. The number of carbonyl (C=O) groups excluding carboxylic acids is 1. The van der Waals surface area contributed by atoms with Crippen molar-refractivity contribution in [3.8, 4) is 0 Å². The number of carbonyl (C=O) groups is 1. The van der Waals surface area contributed by atoms with Crippen molar-refractivity contribution in [1.29, 1.82) is 0 Å². The zero-order chi connectivity index (χ0) is 10.3. The summed E-state index contributed by atoms with van der Waals surface area (Å²) in [4.78, 5) is 11.6. The van der Waals surface area contributed by atoms with Gasteiger partial charge in [0.1, 0.15) is 0 Å². The van der Waals surface area contributed by atoms with Crippen LogP contribution in [0.15, 0.2) is 22.3 Å². The van der Waals surface area contributed by atoms with Crippen LogP contribution in [0.25, 0.3) is 0 Å². The van der Waals surface area contributed by atoms with Crippen molar-refractivity contribution in [2.75, 3.05) is 0 Å². The van der Waals surface area contributed by atoms with E-state index in [1.165, 1.54) is 30.4 Å². The molecule has 0 saturated heterocycles. The fourth-order valence-corrected chi connectivity index (χ4v) is 2.98. The minimum absolute atomic E-state index is 0.285. The molecule has 0 radical (unpaired) electrons. The summed E-state index contributed by atoms with van der Waals surface area (Å²) >= 11 is 0. The summed E-state index contributed by atoms with van der Waals surface area (Å²) in [5.74, 6) is 0.827. The monoisotopic (exact) mass is 190 g/mol. The summed E-state index contributed by atoms with van der Waals surface area (Å²) in [6.07, 6.45) is 4.88. The Balaban J connectivity index is 2.50. The molecular weight excluding hydrogens is 172 g/mol. The number of hydrogen-bond acceptors (Lipinski definition) is 1. The molecule has 1 saturated carbocycles. The van der Waals surface area contributed by atoms with Gasteiger partial charge in [-0.15, -0.1) is 0 Å². The highest BCUT2D eigenvalue weighted by molar-refractivity contribution is 5.95. The molecule has 1 atom stereocenters. The van der Waals surface area contributed by atoms with Gasteiger partial charge in [-0.1, -0.05) is 5.57 Å². The zero-order valence-electron chi connectivity index (χ0n) is 9.31. The number of allylic oxidation sites excluding steroid dienone is 4. The van der Waals surface area contributed by atoms with Gasteiger partial charge in [0.05, 0.1) is 0 Å². The molecular formula is C13H18O. The maximum absolute atomic E-state index is 11.6. The van der Waals surface area contributed by atoms with E-state index in [0.29, 0.717) is 5.92 Å². The summed E-state index contributed by atoms with van der Waals surface area (Å²) < 4.78 is 0. The molecule has 2 bridgehead atoms. The number of rotatable bonds is 1. The molecule has 0 N–H and O–H groups in total. The summed E-state index contributed by atoms with van der Waals surface area (Å²) in [5, 5.41) is 0. The van der Waals surface area contributed by atoms with Gasteiger partial charge < -0.3 is 0 Å². The molecule has 2 aliphatic carbocycles. The second-order valence-electron chi connectivity index (χ2n) is 4.62. The van der Waals surface area contributed by atoms with E-state index in [0.717, 1.165) is 12.0 Å². The second kappa shape index (κ2) is 3.38. The molecule has 76 valence electrons. The van der Waals surface area contributed by atoms with Gasteiger partial charge >= 0.3 is 0 Å². The molecule has 1 heteroatoms. The highest BCUT2D eigenvalue weighted by Gasteiger charge is 2.30. The van der Waals surface area contributed by atoms with Crippen molar-refractivity contribution >= 4 is 5.78 Å². The van der Waals surface area contributed by atoms with Crippen LogP contribution in [0, 0.1) is 5.92 Å². The Kier molecular flexibility index (Phi) is 2.34. The van der Waals surface area contributed by atoms with Crippen LogP contribution in [0.3, 0.4) is 0 Å². The largest absolute Gasteiger partial charge is 0.295 e. The Morgan fingerprint density at radius 2 is 2.00 bits per heavy atom. The van der Waals surface area contributed by atoms with Crippen molar-refractivity contribution in [3.63, 3.8) is 0 Å². The van der Waals surface area contributed by atoms with Crippen molar-refractivity contribution in [2.24, 2.45) is 5.92 Å². The lowest BCUT2D eigenvalue weighted by molar-refractivity contribution is -0.114. The standard InChI is InChI=1S/C13H18O/c1-8-9(2)13(10(3)14)12-6-4-5-11(8)7-12/h12H,4-7H2,1-3H3. The van der Waals surface area contributed by atoms with Gasteiger partial charge in [0.15, 0.2) is 5.78 Å². The van der Waals surface area contributed by atoms with E-state index in [1.54, 1.807) is 12.5 Å². The maximum atomic E-state index is 11.6. The number of hydrogen-bond donors (Lipinski definition) is 0. The van der Waals surface area contributed by atoms with Crippen LogP contribution in [-0.2, 0) is 4.79 Å². The summed E-state index contributed by atoms with van der Waals surface area (Å²) in [6.45, 7) is 6.00. The van der Waals surface area contributed by atoms with E-state index in [2.05, 4.69) is 13.8 Å². The van der Waals surface area contributed by atoms with E-state index in [1.807, 2.05) is 0 Å². The zero-order valence-corrected chi connectivity index (χ0v) is 9.31. The van der Waals surface area contributed by atoms with Crippen molar-refractivity contribution in [2.45, 2.75) is 46.5 Å². The average molecular weight is 190 g/mol. The SMILES string of the molecule is CC(=O)C1=C(C)C(C)=C2CCCC1C2. The van der Waals surface area contributed by atoms with Crippen LogP contribution >= 0.6 is 0 Å². The minimum atomic E-state index is 0.285. The summed E-state index contributed by atoms with van der Waals surface area (Å²) in [6, 6.07) is 0. The lowest BCUT2D eigenvalue weighted by atomic mass is 9.71. The molecule has 14 heavy (non-hydrogen) atoms. The van der Waals surface area contributed by atoms with Gasteiger partial charge in [-0.25, -0.2) is 0 Å². The lowest BCUT2D eigenvalue weighted by Crippen LogP contribution is -2.22. The van der Waals surface area contributed by atoms with Gasteiger partial charge in [0.2, 0.25) is 0 Å². The predicted octanol–water partition coefficient (Wildman–Crippen LogP) is 3.41. The lowest BCUT2D eigenvalue weighted by Gasteiger charge is -2.33. The molecule has 2 rings (SSSR count). The van der Waals surface area contributed by atoms with Gasteiger partial charge in [-0.3, -0.25) is 4.79 Å². The quantitative estimate of drug-likeness (QED) is 0.619. The highest BCUT2D eigenvalue weighted by Crippen LogP contribution is 2.42. The van der Waals surface area contributed by atoms with E-state index >= 15 is 0 Å². The molecule has 0 aromatic carbocycles. The van der Waals surface area contributed by atoms with Crippen LogP contribution in [0.5, 0.6) is 0 Å². The van der Waals surface area contributed by atoms with Crippen LogP contribution in [0.2, 0.25) is 0 Å². The minimum Gasteiger partial charge on any atom is -0.295 e. The average Bonchev–Trinajstić information content (AvgIpc) is 2.15. The van der Waals surface area contributed by atoms with E-state index in [-0.39, 0.29) is 5.78 Å². The molecule has 0 aromatic rings. The van der Waals surface area contributed by atoms with Gasteiger partial charge in [0, 0.05) is 5.57 Å². The summed E-state index contributed by atoms with van der Waals surface area (Å²) in [5.41, 5.74) is 5.38. The molecule has 1 unspecified atom stereocenters. The first-order chi connectivity index (χ1) is 6.61. The Morgan fingerprint density at radius 1 is 1.29 bits per heavy atom. The highest BCUT2D eigenvalue weighted by atomic mass is 16.1. The fourth-order valence-electron chi connectivity index (χ4n) is 2.98. The van der Waals surface area contributed by atoms with E-state index < -0.39 is 0 Å². The Morgan fingerprint density at radius 3 is 2.64 bits per heavy atom. The maximum Gasteiger partial charge on any atom is 0.156 e. The molecule has 0 heterocycles. The van der Waals surface area contributed by atoms with Gasteiger partial charge in [-0.2, -0.15) is 0 Å². The topological polar surface area (TPSA) is 17.1 Å². The van der Waals surface area contributed by atoms with Crippen LogP contribution in [-0.4, -0.2) is 5.78 Å². The van der Waals surface area contributed by atoms with Crippen molar-refractivity contribution in [1.82, 2.24) is 0 Å². The predicted molar refractivity (Wildman–Crippen MR) is 58.0 cm³/mol. The number of fused-ring (bicyclic) bond motifs is 2. The molecule has 1 nitrogen and oxygen atoms in total. The second-order valence-corrected chi connectivity index (χ2v) is 4.62. The van der Waals surface area contributed by atoms with Crippen LogP contribution in [0.1, 0.15) is 46.5 Å². The molecule has 0 aromatic heterocycles.